The molecule has 0 unspecified atom stereocenters. The van der Waals surface area contributed by atoms with Crippen molar-refractivity contribution in [2.45, 2.75) is 26.0 Å². The summed E-state index contributed by atoms with van der Waals surface area (Å²) in [5.74, 6) is 0. The highest BCUT2D eigenvalue weighted by molar-refractivity contribution is 6.40. The molecule has 1 nitrogen and oxygen atoms in total. The highest BCUT2D eigenvalue weighted by Gasteiger charge is 2.34. The van der Waals surface area contributed by atoms with Crippen molar-refractivity contribution in [1.29, 1.82) is 0 Å². The van der Waals surface area contributed by atoms with Crippen LogP contribution in [0.15, 0.2) is 72.9 Å². The largest absolute Gasteiger partial charge is 0.256 e. The molecular formula is C26H25B2N. The van der Waals surface area contributed by atoms with Crippen LogP contribution in [0, 0.1) is 5.41 Å². The van der Waals surface area contributed by atoms with Crippen LogP contribution in [0.4, 0.5) is 0 Å². The Kier molecular flexibility index (Phi) is 3.84. The summed E-state index contributed by atoms with van der Waals surface area (Å²) in [5.41, 5.74) is 9.06. The van der Waals surface area contributed by atoms with Gasteiger partial charge in [0.25, 0.3) is 0 Å². The molecule has 0 aliphatic heterocycles. The van der Waals surface area contributed by atoms with Gasteiger partial charge in [0.05, 0.1) is 5.69 Å². The molecule has 0 atom stereocenters. The van der Waals surface area contributed by atoms with Crippen LogP contribution >= 0.6 is 0 Å². The average Bonchev–Trinajstić information content (AvgIpc) is 3.03. The molecular weight excluding hydrogens is 348 g/mol. The summed E-state index contributed by atoms with van der Waals surface area (Å²) in [7, 11) is 4.66. The van der Waals surface area contributed by atoms with Crippen LogP contribution in [0.25, 0.3) is 44.3 Å². The predicted molar refractivity (Wildman–Crippen MR) is 130 cm³/mol. The molecule has 4 aromatic rings. The van der Waals surface area contributed by atoms with Crippen molar-refractivity contribution in [2.75, 3.05) is 0 Å². The normalized spacial score (nSPS) is 12.9. The van der Waals surface area contributed by atoms with E-state index in [9.17, 15) is 0 Å². The first kappa shape index (κ1) is 18.2. The van der Waals surface area contributed by atoms with E-state index in [1.807, 2.05) is 6.20 Å². The van der Waals surface area contributed by atoms with Crippen molar-refractivity contribution in [3.63, 3.8) is 0 Å². The second-order valence-corrected chi connectivity index (χ2v) is 9.78. The van der Waals surface area contributed by atoms with Crippen LogP contribution in [0.3, 0.4) is 0 Å². The van der Waals surface area contributed by atoms with E-state index >= 15 is 0 Å². The van der Waals surface area contributed by atoms with Gasteiger partial charge in [-0.3, -0.25) is 4.98 Å². The van der Waals surface area contributed by atoms with Gasteiger partial charge in [-0.05, 0) is 62.7 Å². The van der Waals surface area contributed by atoms with Crippen molar-refractivity contribution < 1.29 is 0 Å². The molecule has 3 aromatic carbocycles. The van der Waals surface area contributed by atoms with E-state index in [1.165, 1.54) is 44.2 Å². The van der Waals surface area contributed by atoms with Crippen LogP contribution in [0.1, 0.15) is 26.3 Å². The molecule has 0 bridgehead atoms. The lowest BCUT2D eigenvalue weighted by molar-refractivity contribution is 0.358. The van der Waals surface area contributed by atoms with Crippen molar-refractivity contribution in [3.8, 4) is 33.5 Å². The Morgan fingerprint density at radius 2 is 1.41 bits per heavy atom. The first-order valence-corrected chi connectivity index (χ1v) is 10.4. The van der Waals surface area contributed by atoms with Crippen LogP contribution in [-0.2, 0) is 5.21 Å². The minimum Gasteiger partial charge on any atom is -0.256 e. The molecule has 0 amide bonds. The number of rotatable bonds is 2. The third-order valence-electron chi connectivity index (χ3n) is 7.14. The first-order valence-electron chi connectivity index (χ1n) is 10.4. The van der Waals surface area contributed by atoms with Crippen LogP contribution in [0.5, 0.6) is 0 Å². The van der Waals surface area contributed by atoms with Gasteiger partial charge in [0.1, 0.15) is 15.7 Å². The molecule has 1 aromatic heterocycles. The lowest BCUT2D eigenvalue weighted by atomic mass is 9.41. The van der Waals surface area contributed by atoms with Crippen LogP contribution < -0.4 is 0 Å². The molecule has 5 rings (SSSR count). The Bertz CT molecular complexity index is 1270. The number of fused-ring (bicyclic) bond motifs is 3. The summed E-state index contributed by atoms with van der Waals surface area (Å²) in [6, 6.07) is 24.4. The van der Waals surface area contributed by atoms with Gasteiger partial charge in [-0.25, -0.2) is 0 Å². The quantitative estimate of drug-likeness (QED) is 0.396. The molecule has 1 aliphatic rings. The monoisotopic (exact) mass is 373 g/mol. The molecule has 1 heterocycles. The summed E-state index contributed by atoms with van der Waals surface area (Å²) in [6.45, 7) is 6.92. The van der Waals surface area contributed by atoms with Crippen molar-refractivity contribution in [2.24, 2.45) is 5.41 Å². The molecule has 29 heavy (non-hydrogen) atoms. The Labute approximate surface area is 175 Å². The van der Waals surface area contributed by atoms with Gasteiger partial charge in [0, 0.05) is 11.8 Å². The molecule has 0 fully saturated rings. The molecule has 3 heteroatoms. The lowest BCUT2D eigenvalue weighted by Crippen LogP contribution is -2.41. The fraction of sp³-hybridized carbons (Fsp3) is 0.192. The third kappa shape index (κ3) is 2.68. The Balaban J connectivity index is 1.72. The minimum atomic E-state index is 0.0537. The molecule has 0 saturated heterocycles. The van der Waals surface area contributed by atoms with Gasteiger partial charge in [0.15, 0.2) is 0 Å². The second kappa shape index (κ2) is 6.10. The maximum Gasteiger partial charge on any atom is 0.105 e. The maximum absolute atomic E-state index is 4.76. The Morgan fingerprint density at radius 3 is 2.14 bits per heavy atom. The smallest absolute Gasteiger partial charge is 0.105 e. The van der Waals surface area contributed by atoms with Gasteiger partial charge >= 0.3 is 0 Å². The van der Waals surface area contributed by atoms with Crippen molar-refractivity contribution in [3.05, 3.63) is 78.5 Å². The summed E-state index contributed by atoms with van der Waals surface area (Å²) < 4.78 is 0. The highest BCUT2D eigenvalue weighted by Crippen LogP contribution is 2.48. The summed E-state index contributed by atoms with van der Waals surface area (Å²) >= 11 is 0. The fourth-order valence-corrected chi connectivity index (χ4v) is 4.38. The third-order valence-corrected chi connectivity index (χ3v) is 7.14. The zero-order valence-corrected chi connectivity index (χ0v) is 17.9. The minimum absolute atomic E-state index is 0.0537. The number of pyridine rings is 1. The van der Waals surface area contributed by atoms with E-state index in [1.54, 1.807) is 0 Å². The molecule has 0 N–H and O–H groups in total. The SMILES string of the molecule is BC(B)(c1ccnc(-c2cc3c4c(cccc4c2)-c2ccccc2-3)c1)C(C)(C)C. The predicted octanol–water partition coefficient (Wildman–Crippen LogP) is 5.01. The van der Waals surface area contributed by atoms with Gasteiger partial charge in [-0.2, -0.15) is 0 Å². The Hall–Kier alpha value is -2.80. The standard InChI is InChI=1S/C26H25B2N/c1-25(2,3)26(27,28)18-11-12-29-23(15-18)17-13-16-7-6-10-21-19-8-4-5-9-20(19)22(14-17)24(16)21/h4-15H,27-28H2,1-3H3. The van der Waals surface area contributed by atoms with Gasteiger partial charge in [0.2, 0.25) is 0 Å². The highest BCUT2D eigenvalue weighted by atomic mass is 14.7. The molecule has 0 radical (unpaired) electrons. The fourth-order valence-electron chi connectivity index (χ4n) is 4.38. The lowest BCUT2D eigenvalue weighted by Gasteiger charge is -2.40. The number of aromatic nitrogens is 1. The van der Waals surface area contributed by atoms with E-state index in [2.05, 4.69) is 103 Å². The zero-order valence-electron chi connectivity index (χ0n) is 17.9. The molecule has 0 spiro atoms. The number of hydrogen-bond acceptors (Lipinski definition) is 1. The second-order valence-electron chi connectivity index (χ2n) is 9.78. The van der Waals surface area contributed by atoms with E-state index in [0.29, 0.717) is 0 Å². The average molecular weight is 373 g/mol. The van der Waals surface area contributed by atoms with Gasteiger partial charge in [-0.1, -0.05) is 74.0 Å². The van der Waals surface area contributed by atoms with E-state index in [0.717, 1.165) is 5.69 Å². The maximum atomic E-state index is 4.76. The van der Waals surface area contributed by atoms with Gasteiger partial charge in [-0.15, -0.1) is 0 Å². The molecule has 140 valence electrons. The molecule has 0 saturated carbocycles. The zero-order chi connectivity index (χ0) is 20.4. The van der Waals surface area contributed by atoms with Gasteiger partial charge < -0.3 is 0 Å². The topological polar surface area (TPSA) is 12.9 Å². The summed E-state index contributed by atoms with van der Waals surface area (Å²) in [4.78, 5) is 4.76. The first-order chi connectivity index (χ1) is 13.8. The van der Waals surface area contributed by atoms with E-state index in [-0.39, 0.29) is 10.6 Å². The van der Waals surface area contributed by atoms with E-state index < -0.39 is 0 Å². The summed E-state index contributed by atoms with van der Waals surface area (Å²) in [6.07, 6.45) is 1.96. The summed E-state index contributed by atoms with van der Waals surface area (Å²) in [5, 5.41) is 2.70. The number of benzene rings is 3. The number of nitrogens with zero attached hydrogens (tertiary/aromatic N) is 1. The Morgan fingerprint density at radius 1 is 0.724 bits per heavy atom. The molecule has 1 aliphatic carbocycles. The van der Waals surface area contributed by atoms with Crippen molar-refractivity contribution >= 4 is 26.5 Å². The van der Waals surface area contributed by atoms with E-state index in [4.69, 9.17) is 4.98 Å². The number of hydrogen-bond donors (Lipinski definition) is 0. The van der Waals surface area contributed by atoms with Crippen LogP contribution in [0.2, 0.25) is 0 Å². The van der Waals surface area contributed by atoms with Crippen molar-refractivity contribution in [1.82, 2.24) is 4.98 Å². The van der Waals surface area contributed by atoms with Crippen LogP contribution in [-0.4, -0.2) is 20.7 Å².